The lowest BCUT2D eigenvalue weighted by molar-refractivity contribution is 1.05. The molecule has 0 bridgehead atoms. The van der Waals surface area contributed by atoms with Gasteiger partial charge in [-0.25, -0.2) is 0 Å². The van der Waals surface area contributed by atoms with E-state index in [2.05, 4.69) is 164 Å². The quantitative estimate of drug-likeness (QED) is 0.176. The summed E-state index contributed by atoms with van der Waals surface area (Å²) in [6.07, 6.45) is 8.90. The first-order chi connectivity index (χ1) is 24.8. The molecule has 0 saturated heterocycles. The molecule has 0 unspecified atom stereocenters. The lowest BCUT2D eigenvalue weighted by Crippen LogP contribution is -1.96. The van der Waals surface area contributed by atoms with Crippen LogP contribution in [0.1, 0.15) is 24.0 Å². The van der Waals surface area contributed by atoms with E-state index in [0.717, 1.165) is 24.1 Å². The highest BCUT2D eigenvalue weighted by atomic mass is 14.7. The fourth-order valence-corrected chi connectivity index (χ4v) is 8.69. The molecule has 232 valence electrons. The zero-order valence-electron chi connectivity index (χ0n) is 27.4. The van der Waals surface area contributed by atoms with Gasteiger partial charge in [-0.3, -0.25) is 4.98 Å². The van der Waals surface area contributed by atoms with E-state index in [-0.39, 0.29) is 0 Å². The Labute approximate surface area is 290 Å². The van der Waals surface area contributed by atoms with E-state index < -0.39 is 0 Å². The summed E-state index contributed by atoms with van der Waals surface area (Å²) in [7, 11) is 0. The Morgan fingerprint density at radius 3 is 1.60 bits per heavy atom. The van der Waals surface area contributed by atoms with Gasteiger partial charge in [-0.2, -0.15) is 0 Å². The molecule has 10 aromatic rings. The summed E-state index contributed by atoms with van der Waals surface area (Å²) < 4.78 is 0. The first-order valence-corrected chi connectivity index (χ1v) is 17.6. The van der Waals surface area contributed by atoms with Crippen LogP contribution in [-0.2, 0) is 0 Å². The van der Waals surface area contributed by atoms with E-state index >= 15 is 0 Å². The van der Waals surface area contributed by atoms with Gasteiger partial charge in [-0.15, -0.1) is 0 Å². The second kappa shape index (κ2) is 10.6. The minimum Gasteiger partial charge on any atom is -0.256 e. The number of hydrogen-bond donors (Lipinski definition) is 0. The summed E-state index contributed by atoms with van der Waals surface area (Å²) >= 11 is 0. The van der Waals surface area contributed by atoms with Gasteiger partial charge in [0.05, 0.1) is 5.69 Å². The van der Waals surface area contributed by atoms with Gasteiger partial charge in [0.2, 0.25) is 0 Å². The fourth-order valence-electron chi connectivity index (χ4n) is 8.69. The van der Waals surface area contributed by atoms with Gasteiger partial charge in [0, 0.05) is 11.8 Å². The molecular formula is C49H31N. The summed E-state index contributed by atoms with van der Waals surface area (Å²) in [6.45, 7) is 0. The highest BCUT2D eigenvalue weighted by molar-refractivity contribution is 6.26. The van der Waals surface area contributed by atoms with Crippen LogP contribution in [0, 0.1) is 0 Å². The zero-order chi connectivity index (χ0) is 32.8. The van der Waals surface area contributed by atoms with Crippen LogP contribution >= 0.6 is 0 Å². The predicted octanol–water partition coefficient (Wildman–Crippen LogP) is 13.5. The van der Waals surface area contributed by atoms with Crippen molar-refractivity contribution in [2.45, 2.75) is 12.8 Å². The molecule has 1 heteroatoms. The van der Waals surface area contributed by atoms with E-state index in [9.17, 15) is 0 Å². The van der Waals surface area contributed by atoms with Crippen molar-refractivity contribution >= 4 is 75.8 Å². The first-order valence-electron chi connectivity index (χ1n) is 17.6. The first kappa shape index (κ1) is 27.6. The number of hydrogen-bond acceptors (Lipinski definition) is 1. The Balaban J connectivity index is 0.944. The summed E-state index contributed by atoms with van der Waals surface area (Å²) in [5.74, 6) is 0. The van der Waals surface area contributed by atoms with E-state index in [1.807, 2.05) is 0 Å². The molecule has 11 rings (SSSR count). The highest BCUT2D eigenvalue weighted by Crippen LogP contribution is 2.42. The molecule has 0 amide bonds. The molecule has 0 spiro atoms. The third-order valence-corrected chi connectivity index (χ3v) is 11.1. The number of aromatic nitrogens is 1. The van der Waals surface area contributed by atoms with Gasteiger partial charge < -0.3 is 0 Å². The summed E-state index contributed by atoms with van der Waals surface area (Å²) in [4.78, 5) is 5.03. The van der Waals surface area contributed by atoms with Crippen LogP contribution in [0.2, 0.25) is 0 Å². The Hall–Kier alpha value is -6.31. The molecule has 50 heavy (non-hydrogen) atoms. The molecule has 9 aromatic carbocycles. The normalized spacial score (nSPS) is 13.7. The van der Waals surface area contributed by atoms with Crippen molar-refractivity contribution in [3.05, 3.63) is 175 Å². The van der Waals surface area contributed by atoms with Crippen LogP contribution in [0.4, 0.5) is 0 Å². The maximum absolute atomic E-state index is 5.03. The number of allylic oxidation sites excluding steroid dienone is 4. The summed E-state index contributed by atoms with van der Waals surface area (Å²) in [5, 5.41) is 15.9. The maximum Gasteiger partial charge on any atom is 0.0702 e. The van der Waals surface area contributed by atoms with Crippen molar-refractivity contribution in [3.63, 3.8) is 0 Å². The molecular weight excluding hydrogens is 603 g/mol. The van der Waals surface area contributed by atoms with Crippen LogP contribution in [0.15, 0.2) is 164 Å². The molecule has 0 atom stereocenters. The van der Waals surface area contributed by atoms with Crippen molar-refractivity contribution in [1.82, 2.24) is 4.98 Å². The second-order valence-corrected chi connectivity index (χ2v) is 13.8. The van der Waals surface area contributed by atoms with Crippen LogP contribution < -0.4 is 0 Å². The lowest BCUT2D eigenvalue weighted by Gasteiger charge is -2.18. The number of rotatable bonds is 4. The Morgan fingerprint density at radius 2 is 0.960 bits per heavy atom. The lowest BCUT2D eigenvalue weighted by atomic mass is 9.86. The van der Waals surface area contributed by atoms with Gasteiger partial charge in [-0.1, -0.05) is 146 Å². The largest absolute Gasteiger partial charge is 0.256 e. The maximum atomic E-state index is 5.03. The molecule has 1 heterocycles. The van der Waals surface area contributed by atoms with Crippen molar-refractivity contribution in [2.75, 3.05) is 0 Å². The molecule has 1 aliphatic carbocycles. The van der Waals surface area contributed by atoms with Crippen LogP contribution in [0.3, 0.4) is 0 Å². The predicted molar refractivity (Wildman–Crippen MR) is 214 cm³/mol. The number of benzene rings is 9. The zero-order valence-corrected chi connectivity index (χ0v) is 27.4. The molecule has 1 nitrogen and oxygen atoms in total. The number of nitrogens with zero attached hydrogens (tertiary/aromatic N) is 1. The van der Waals surface area contributed by atoms with Crippen LogP contribution in [-0.4, -0.2) is 4.98 Å². The van der Waals surface area contributed by atoms with Crippen LogP contribution in [0.25, 0.3) is 98.2 Å². The van der Waals surface area contributed by atoms with Gasteiger partial charge in [-0.05, 0) is 123 Å². The summed E-state index contributed by atoms with van der Waals surface area (Å²) in [6, 6.07) is 53.8. The van der Waals surface area contributed by atoms with E-state index in [1.54, 1.807) is 0 Å². The summed E-state index contributed by atoms with van der Waals surface area (Å²) in [5.41, 5.74) is 9.74. The third-order valence-electron chi connectivity index (χ3n) is 11.1. The van der Waals surface area contributed by atoms with E-state index in [0.29, 0.717) is 0 Å². The average Bonchev–Trinajstić information content (AvgIpc) is 3.19. The molecule has 0 aliphatic heterocycles. The van der Waals surface area contributed by atoms with Gasteiger partial charge in [0.15, 0.2) is 0 Å². The van der Waals surface area contributed by atoms with E-state index in [4.69, 9.17) is 4.98 Å². The SMILES string of the molecule is C1=C(c2ccc(-c3cccc(-c4ccc5ccc6cccc7ccc4c5c67)c3)nc2)CCC=C1c1ccc2ccc3cccc4ccc1c2c34. The van der Waals surface area contributed by atoms with E-state index in [1.165, 1.54) is 98.0 Å². The molecule has 0 fully saturated rings. The second-order valence-electron chi connectivity index (χ2n) is 13.8. The minimum absolute atomic E-state index is 0.993. The standard InChI is InChI=1S/C49H31N/c1-5-30-13-15-34-17-22-41(43-24-19-32(7-1)46(30)48(34)43)37-10-3-9-36(27-37)40-21-26-45(50-29-40)39-12-4-11-38(28-39)42-23-18-35-16-14-31-6-2-8-33-20-25-44(42)49(35)47(31)33/h1-2,4-8,10-29H,3,9H2. The van der Waals surface area contributed by atoms with Crippen molar-refractivity contribution in [2.24, 2.45) is 0 Å². The Morgan fingerprint density at radius 1 is 0.420 bits per heavy atom. The van der Waals surface area contributed by atoms with Gasteiger partial charge >= 0.3 is 0 Å². The van der Waals surface area contributed by atoms with Gasteiger partial charge in [0.1, 0.15) is 0 Å². The minimum atomic E-state index is 0.993. The topological polar surface area (TPSA) is 12.9 Å². The van der Waals surface area contributed by atoms with Crippen molar-refractivity contribution in [3.8, 4) is 22.4 Å². The smallest absolute Gasteiger partial charge is 0.0702 e. The molecule has 1 aromatic heterocycles. The number of pyridine rings is 1. The third kappa shape index (κ3) is 4.10. The van der Waals surface area contributed by atoms with Crippen molar-refractivity contribution in [1.29, 1.82) is 0 Å². The Kier molecular flexibility index (Phi) is 5.85. The molecule has 1 aliphatic rings. The van der Waals surface area contributed by atoms with Crippen LogP contribution in [0.5, 0.6) is 0 Å². The average molecular weight is 634 g/mol. The molecule has 0 radical (unpaired) electrons. The monoisotopic (exact) mass is 633 g/mol. The van der Waals surface area contributed by atoms with Gasteiger partial charge in [0.25, 0.3) is 0 Å². The van der Waals surface area contributed by atoms with Crippen molar-refractivity contribution < 1.29 is 0 Å². The highest BCUT2D eigenvalue weighted by Gasteiger charge is 2.17. The molecule has 0 N–H and O–H groups in total. The fraction of sp³-hybridized carbons (Fsp3) is 0.0408. The Bertz CT molecular complexity index is 2980. The molecule has 0 saturated carbocycles.